The minimum atomic E-state index is -0.379. The van der Waals surface area contributed by atoms with Crippen molar-refractivity contribution in [2.24, 2.45) is 0 Å². The van der Waals surface area contributed by atoms with E-state index < -0.39 is 0 Å². The Kier molecular flexibility index (Phi) is 4.99. The number of hydrogen-bond donors (Lipinski definition) is 2. The van der Waals surface area contributed by atoms with Gasteiger partial charge in [-0.2, -0.15) is 0 Å². The van der Waals surface area contributed by atoms with Crippen LogP contribution >= 0.6 is 0 Å². The van der Waals surface area contributed by atoms with Gasteiger partial charge in [-0.25, -0.2) is 0 Å². The lowest BCUT2D eigenvalue weighted by Crippen LogP contribution is -2.48. The molecule has 2 N–H and O–H groups in total. The van der Waals surface area contributed by atoms with Crippen LogP contribution in [0.2, 0.25) is 0 Å². The van der Waals surface area contributed by atoms with E-state index in [0.29, 0.717) is 26.3 Å². The number of carbonyl (C=O) groups is 1. The Morgan fingerprint density at radius 1 is 1.44 bits per heavy atom. The monoisotopic (exact) mass is 250 g/mol. The summed E-state index contributed by atoms with van der Waals surface area (Å²) in [6.45, 7) is 2.90. The zero-order valence-corrected chi connectivity index (χ0v) is 10.2. The molecule has 0 bridgehead atoms. The highest BCUT2D eigenvalue weighted by Gasteiger charge is 2.20. The van der Waals surface area contributed by atoms with Crippen molar-refractivity contribution in [3.63, 3.8) is 0 Å². The van der Waals surface area contributed by atoms with E-state index in [1.165, 1.54) is 0 Å². The van der Waals surface area contributed by atoms with E-state index in [9.17, 15) is 4.79 Å². The number of para-hydroxylation sites is 1. The molecule has 1 aliphatic rings. The Bertz CT molecular complexity index is 364. The van der Waals surface area contributed by atoms with Crippen LogP contribution in [0.25, 0.3) is 0 Å². The van der Waals surface area contributed by atoms with Crippen LogP contribution in [-0.2, 0) is 9.53 Å². The Balaban J connectivity index is 1.61. The number of rotatable bonds is 5. The summed E-state index contributed by atoms with van der Waals surface area (Å²) in [6.07, 6.45) is -0.379. The zero-order valence-electron chi connectivity index (χ0n) is 10.2. The number of nitrogens with one attached hydrogen (secondary N) is 2. The predicted octanol–water partition coefficient (Wildman–Crippen LogP) is 0.170. The molecule has 0 spiro atoms. The van der Waals surface area contributed by atoms with Crippen LogP contribution in [0.5, 0.6) is 5.75 Å². The molecular weight excluding hydrogens is 232 g/mol. The third kappa shape index (κ3) is 4.01. The number of amides is 1. The van der Waals surface area contributed by atoms with Gasteiger partial charge in [-0.3, -0.25) is 4.79 Å². The van der Waals surface area contributed by atoms with Gasteiger partial charge in [0.1, 0.15) is 18.5 Å². The number of morpholine rings is 1. The number of ether oxygens (including phenoxy) is 2. The standard InChI is InChI=1S/C13H18N2O3/c16-13(12-10-14-6-8-18-12)15-7-9-17-11-4-2-1-3-5-11/h1-5,12,14H,6-10H2,(H,15,16)/t12-/m0/s1. The smallest absolute Gasteiger partial charge is 0.250 e. The van der Waals surface area contributed by atoms with Gasteiger partial charge in [0.05, 0.1) is 13.2 Å². The molecule has 1 saturated heterocycles. The van der Waals surface area contributed by atoms with Crippen LogP contribution in [0.1, 0.15) is 0 Å². The average Bonchev–Trinajstić information content (AvgIpc) is 2.45. The second-order valence-electron chi connectivity index (χ2n) is 4.02. The average molecular weight is 250 g/mol. The molecule has 0 radical (unpaired) electrons. The van der Waals surface area contributed by atoms with E-state index in [4.69, 9.17) is 9.47 Å². The van der Waals surface area contributed by atoms with E-state index >= 15 is 0 Å². The number of benzene rings is 1. The molecule has 1 aliphatic heterocycles. The van der Waals surface area contributed by atoms with Crippen molar-refractivity contribution in [1.82, 2.24) is 10.6 Å². The summed E-state index contributed by atoms with van der Waals surface area (Å²) in [4.78, 5) is 11.7. The lowest BCUT2D eigenvalue weighted by atomic mass is 10.3. The molecule has 1 fully saturated rings. The summed E-state index contributed by atoms with van der Waals surface area (Å²) in [5, 5.41) is 5.91. The molecule has 0 aromatic heterocycles. The number of carbonyl (C=O) groups excluding carboxylic acids is 1. The van der Waals surface area contributed by atoms with Gasteiger partial charge >= 0.3 is 0 Å². The van der Waals surface area contributed by atoms with Crippen molar-refractivity contribution in [2.45, 2.75) is 6.10 Å². The molecule has 5 heteroatoms. The molecule has 1 amide bonds. The SMILES string of the molecule is O=C(NCCOc1ccccc1)[C@@H]1CNCCO1. The van der Waals surface area contributed by atoms with Crippen LogP contribution in [0, 0.1) is 0 Å². The van der Waals surface area contributed by atoms with Crippen LogP contribution in [0.15, 0.2) is 30.3 Å². The highest BCUT2D eigenvalue weighted by molar-refractivity contribution is 5.81. The van der Waals surface area contributed by atoms with Crippen LogP contribution in [0.3, 0.4) is 0 Å². The van der Waals surface area contributed by atoms with Crippen molar-refractivity contribution in [3.8, 4) is 5.75 Å². The molecule has 0 unspecified atom stereocenters. The minimum Gasteiger partial charge on any atom is -0.492 e. The summed E-state index contributed by atoms with van der Waals surface area (Å²) >= 11 is 0. The maximum Gasteiger partial charge on any atom is 0.250 e. The van der Waals surface area contributed by atoms with Crippen LogP contribution in [0.4, 0.5) is 0 Å². The van der Waals surface area contributed by atoms with Gasteiger partial charge in [0, 0.05) is 13.1 Å². The van der Waals surface area contributed by atoms with Gasteiger partial charge in [0.2, 0.25) is 0 Å². The predicted molar refractivity (Wildman–Crippen MR) is 67.6 cm³/mol. The van der Waals surface area contributed by atoms with Crippen molar-refractivity contribution >= 4 is 5.91 Å². The summed E-state index contributed by atoms with van der Waals surface area (Å²) in [5.74, 6) is 0.723. The fraction of sp³-hybridized carbons (Fsp3) is 0.462. The quantitative estimate of drug-likeness (QED) is 0.731. The molecule has 1 atom stereocenters. The molecule has 1 heterocycles. The normalized spacial score (nSPS) is 19.2. The van der Waals surface area contributed by atoms with Crippen LogP contribution in [-0.4, -0.2) is 44.9 Å². The zero-order chi connectivity index (χ0) is 12.6. The van der Waals surface area contributed by atoms with E-state index in [-0.39, 0.29) is 12.0 Å². The van der Waals surface area contributed by atoms with Crippen LogP contribution < -0.4 is 15.4 Å². The first-order chi connectivity index (χ1) is 8.86. The molecule has 5 nitrogen and oxygen atoms in total. The minimum absolute atomic E-state index is 0.0844. The Labute approximate surface area is 106 Å². The number of hydrogen-bond acceptors (Lipinski definition) is 4. The van der Waals surface area contributed by atoms with Crippen molar-refractivity contribution in [3.05, 3.63) is 30.3 Å². The van der Waals surface area contributed by atoms with Gasteiger partial charge in [0.25, 0.3) is 5.91 Å². The Morgan fingerprint density at radius 2 is 2.28 bits per heavy atom. The fourth-order valence-electron chi connectivity index (χ4n) is 1.71. The van der Waals surface area contributed by atoms with Crippen molar-refractivity contribution < 1.29 is 14.3 Å². The first kappa shape index (κ1) is 12.9. The fourth-order valence-corrected chi connectivity index (χ4v) is 1.71. The molecule has 1 aromatic carbocycles. The highest BCUT2D eigenvalue weighted by Crippen LogP contribution is 2.07. The van der Waals surface area contributed by atoms with Gasteiger partial charge in [-0.05, 0) is 12.1 Å². The topological polar surface area (TPSA) is 59.6 Å². The molecule has 0 aliphatic carbocycles. The van der Waals surface area contributed by atoms with E-state index in [1.807, 2.05) is 30.3 Å². The van der Waals surface area contributed by atoms with E-state index in [1.54, 1.807) is 0 Å². The van der Waals surface area contributed by atoms with Crippen molar-refractivity contribution in [1.29, 1.82) is 0 Å². The summed E-state index contributed by atoms with van der Waals surface area (Å²) < 4.78 is 10.8. The van der Waals surface area contributed by atoms with E-state index in [0.717, 1.165) is 12.3 Å². The Morgan fingerprint density at radius 3 is 3.00 bits per heavy atom. The lowest BCUT2D eigenvalue weighted by molar-refractivity contribution is -0.134. The maximum absolute atomic E-state index is 11.7. The summed E-state index contributed by atoms with van der Waals surface area (Å²) in [5.41, 5.74) is 0. The third-order valence-electron chi connectivity index (χ3n) is 2.63. The molecule has 1 aromatic rings. The lowest BCUT2D eigenvalue weighted by Gasteiger charge is -2.22. The molecule has 98 valence electrons. The third-order valence-corrected chi connectivity index (χ3v) is 2.63. The second-order valence-corrected chi connectivity index (χ2v) is 4.02. The Hall–Kier alpha value is -1.59. The second kappa shape index (κ2) is 6.98. The highest BCUT2D eigenvalue weighted by atomic mass is 16.5. The first-order valence-electron chi connectivity index (χ1n) is 6.14. The van der Waals surface area contributed by atoms with Gasteiger partial charge < -0.3 is 20.1 Å². The molecule has 2 rings (SSSR count). The molecular formula is C13H18N2O3. The van der Waals surface area contributed by atoms with E-state index in [2.05, 4.69) is 10.6 Å². The van der Waals surface area contributed by atoms with Gasteiger partial charge in [0.15, 0.2) is 0 Å². The molecule has 0 saturated carbocycles. The van der Waals surface area contributed by atoms with Gasteiger partial charge in [-0.15, -0.1) is 0 Å². The summed E-state index contributed by atoms with van der Waals surface area (Å²) in [7, 11) is 0. The molecule has 18 heavy (non-hydrogen) atoms. The first-order valence-corrected chi connectivity index (χ1v) is 6.14. The maximum atomic E-state index is 11.7. The van der Waals surface area contributed by atoms with Crippen molar-refractivity contribution in [2.75, 3.05) is 32.8 Å². The van der Waals surface area contributed by atoms with Gasteiger partial charge in [-0.1, -0.05) is 18.2 Å². The summed E-state index contributed by atoms with van der Waals surface area (Å²) in [6, 6.07) is 9.53. The largest absolute Gasteiger partial charge is 0.492 e.